The molecule has 1 saturated heterocycles. The number of hydrogen-bond donors (Lipinski definition) is 2. The lowest BCUT2D eigenvalue weighted by Crippen LogP contribution is -2.46. The third-order valence-electron chi connectivity index (χ3n) is 4.72. The van der Waals surface area contributed by atoms with Gasteiger partial charge in [0.25, 0.3) is 0 Å². The van der Waals surface area contributed by atoms with Crippen molar-refractivity contribution in [1.29, 1.82) is 0 Å². The molecule has 1 aliphatic carbocycles. The molecule has 0 unspecified atom stereocenters. The van der Waals surface area contributed by atoms with Gasteiger partial charge in [0.15, 0.2) is 5.96 Å². The van der Waals surface area contributed by atoms with Crippen LogP contribution in [-0.4, -0.2) is 49.5 Å². The van der Waals surface area contributed by atoms with E-state index in [9.17, 15) is 4.79 Å². The average molecular weight is 422 g/mol. The van der Waals surface area contributed by atoms with Crippen molar-refractivity contribution in [2.45, 2.75) is 58.4 Å². The Morgan fingerprint density at radius 2 is 1.91 bits per heavy atom. The molecule has 2 rings (SSSR count). The summed E-state index contributed by atoms with van der Waals surface area (Å²) in [5.41, 5.74) is 0.510. The van der Waals surface area contributed by atoms with Gasteiger partial charge in [0.05, 0.1) is 6.54 Å². The van der Waals surface area contributed by atoms with Crippen LogP contribution in [-0.2, 0) is 4.79 Å². The van der Waals surface area contributed by atoms with Crippen LogP contribution in [0, 0.1) is 5.41 Å². The third kappa shape index (κ3) is 5.28. The van der Waals surface area contributed by atoms with Crippen molar-refractivity contribution in [2.24, 2.45) is 10.4 Å². The Labute approximate surface area is 151 Å². The number of nitrogens with zero attached hydrogens (tertiary/aromatic N) is 2. The molecule has 1 saturated carbocycles. The maximum Gasteiger partial charge on any atom is 0.239 e. The number of carbonyl (C=O) groups is 1. The minimum atomic E-state index is 0. The standard InChI is InChI=1S/C16H30N4O.HI/c1-13(2)19-14(21)11-18-15(17-3)20-10-9-16(12-20)7-5-4-6-8-16;/h13H,4-12H2,1-3H3,(H,17,18)(H,19,21);1H. The average Bonchev–Trinajstić information content (AvgIpc) is 2.83. The first-order valence-corrected chi connectivity index (χ1v) is 8.30. The Morgan fingerprint density at radius 1 is 1.23 bits per heavy atom. The predicted molar refractivity (Wildman–Crippen MR) is 102 cm³/mol. The summed E-state index contributed by atoms with van der Waals surface area (Å²) in [6, 6.07) is 0.179. The van der Waals surface area contributed by atoms with Gasteiger partial charge >= 0.3 is 0 Å². The fourth-order valence-electron chi connectivity index (χ4n) is 3.69. The number of rotatable bonds is 3. The zero-order chi connectivity index (χ0) is 15.3. The van der Waals surface area contributed by atoms with Crippen molar-refractivity contribution < 1.29 is 4.79 Å². The molecule has 0 aromatic rings. The third-order valence-corrected chi connectivity index (χ3v) is 4.72. The maximum absolute atomic E-state index is 11.7. The van der Waals surface area contributed by atoms with E-state index in [1.54, 1.807) is 7.05 Å². The Balaban J connectivity index is 0.00000242. The van der Waals surface area contributed by atoms with Gasteiger partial charge in [-0.05, 0) is 38.5 Å². The van der Waals surface area contributed by atoms with Crippen molar-refractivity contribution in [3.8, 4) is 0 Å². The number of nitrogens with one attached hydrogen (secondary N) is 2. The summed E-state index contributed by atoms with van der Waals surface area (Å²) < 4.78 is 0. The molecule has 2 N–H and O–H groups in total. The highest BCUT2D eigenvalue weighted by Gasteiger charge is 2.39. The maximum atomic E-state index is 11.7. The second-order valence-electron chi connectivity index (χ2n) is 6.86. The molecule has 2 fully saturated rings. The van der Waals surface area contributed by atoms with Gasteiger partial charge in [-0.25, -0.2) is 0 Å². The van der Waals surface area contributed by atoms with E-state index in [0.717, 1.165) is 19.0 Å². The molecule has 1 spiro atoms. The fourth-order valence-corrected chi connectivity index (χ4v) is 3.69. The molecule has 128 valence electrons. The molecular formula is C16H31IN4O. The van der Waals surface area contributed by atoms with Gasteiger partial charge < -0.3 is 15.5 Å². The largest absolute Gasteiger partial charge is 0.352 e. The number of aliphatic imine (C=N–C) groups is 1. The summed E-state index contributed by atoms with van der Waals surface area (Å²) in [6.07, 6.45) is 8.12. The van der Waals surface area contributed by atoms with Gasteiger partial charge in [0.1, 0.15) is 0 Å². The molecule has 1 amide bonds. The highest BCUT2D eigenvalue weighted by Crippen LogP contribution is 2.43. The Hall–Kier alpha value is -0.530. The van der Waals surface area contributed by atoms with Crippen LogP contribution in [0.15, 0.2) is 4.99 Å². The zero-order valence-corrected chi connectivity index (χ0v) is 16.5. The Kier molecular flexibility index (Phi) is 7.93. The first-order chi connectivity index (χ1) is 10.0. The van der Waals surface area contributed by atoms with Crippen molar-refractivity contribution >= 4 is 35.8 Å². The van der Waals surface area contributed by atoms with Gasteiger partial charge in [0, 0.05) is 26.2 Å². The molecule has 5 nitrogen and oxygen atoms in total. The first-order valence-electron chi connectivity index (χ1n) is 8.30. The van der Waals surface area contributed by atoms with E-state index in [4.69, 9.17) is 0 Å². The van der Waals surface area contributed by atoms with Crippen LogP contribution < -0.4 is 10.6 Å². The second kappa shape index (κ2) is 8.93. The lowest BCUT2D eigenvalue weighted by atomic mass is 9.73. The van der Waals surface area contributed by atoms with Crippen LogP contribution in [0.25, 0.3) is 0 Å². The highest BCUT2D eigenvalue weighted by atomic mass is 127. The Bertz CT molecular complexity index is 392. The molecule has 1 aliphatic heterocycles. The quantitative estimate of drug-likeness (QED) is 0.417. The zero-order valence-electron chi connectivity index (χ0n) is 14.2. The van der Waals surface area contributed by atoms with Gasteiger partial charge in [-0.1, -0.05) is 19.3 Å². The van der Waals surface area contributed by atoms with Crippen molar-refractivity contribution in [3.63, 3.8) is 0 Å². The van der Waals surface area contributed by atoms with E-state index >= 15 is 0 Å². The highest BCUT2D eigenvalue weighted by molar-refractivity contribution is 14.0. The predicted octanol–water partition coefficient (Wildman–Crippen LogP) is 2.36. The topological polar surface area (TPSA) is 56.7 Å². The molecule has 22 heavy (non-hydrogen) atoms. The molecule has 1 heterocycles. The van der Waals surface area contributed by atoms with Crippen LogP contribution >= 0.6 is 24.0 Å². The molecule has 0 radical (unpaired) electrons. The minimum absolute atomic E-state index is 0. The van der Waals surface area contributed by atoms with Crippen molar-refractivity contribution in [3.05, 3.63) is 0 Å². The molecule has 0 bridgehead atoms. The summed E-state index contributed by atoms with van der Waals surface area (Å²) in [4.78, 5) is 18.4. The minimum Gasteiger partial charge on any atom is -0.352 e. The monoisotopic (exact) mass is 422 g/mol. The molecular weight excluding hydrogens is 391 g/mol. The molecule has 0 aromatic carbocycles. The van der Waals surface area contributed by atoms with E-state index in [1.807, 2.05) is 13.8 Å². The van der Waals surface area contributed by atoms with Gasteiger partial charge in [-0.15, -0.1) is 24.0 Å². The first kappa shape index (κ1) is 19.5. The van der Waals surface area contributed by atoms with Crippen LogP contribution in [0.1, 0.15) is 52.4 Å². The van der Waals surface area contributed by atoms with Crippen LogP contribution in [0.3, 0.4) is 0 Å². The van der Waals surface area contributed by atoms with E-state index in [0.29, 0.717) is 12.0 Å². The summed E-state index contributed by atoms with van der Waals surface area (Å²) >= 11 is 0. The Morgan fingerprint density at radius 3 is 2.50 bits per heavy atom. The summed E-state index contributed by atoms with van der Waals surface area (Å²) in [7, 11) is 1.80. The number of carbonyl (C=O) groups excluding carboxylic acids is 1. The summed E-state index contributed by atoms with van der Waals surface area (Å²) in [6.45, 7) is 6.40. The SMILES string of the molecule is CN=C(NCC(=O)NC(C)C)N1CCC2(CCCCC2)C1.I. The fraction of sp³-hybridized carbons (Fsp3) is 0.875. The number of guanidine groups is 1. The van der Waals surface area contributed by atoms with Crippen molar-refractivity contribution in [1.82, 2.24) is 15.5 Å². The molecule has 2 aliphatic rings. The molecule has 0 atom stereocenters. The lowest BCUT2D eigenvalue weighted by Gasteiger charge is -2.33. The summed E-state index contributed by atoms with van der Waals surface area (Å²) in [5, 5.41) is 6.10. The van der Waals surface area contributed by atoms with Crippen LogP contribution in [0.2, 0.25) is 0 Å². The number of hydrogen-bond acceptors (Lipinski definition) is 2. The summed E-state index contributed by atoms with van der Waals surface area (Å²) in [5.74, 6) is 0.897. The van der Waals surface area contributed by atoms with Gasteiger partial charge in [-0.3, -0.25) is 9.79 Å². The van der Waals surface area contributed by atoms with E-state index < -0.39 is 0 Å². The van der Waals surface area contributed by atoms with Crippen LogP contribution in [0.5, 0.6) is 0 Å². The van der Waals surface area contributed by atoms with Crippen LogP contribution in [0.4, 0.5) is 0 Å². The number of halogens is 1. The van der Waals surface area contributed by atoms with E-state index in [1.165, 1.54) is 38.5 Å². The van der Waals surface area contributed by atoms with E-state index in [-0.39, 0.29) is 35.9 Å². The number of amides is 1. The van der Waals surface area contributed by atoms with Gasteiger partial charge in [-0.2, -0.15) is 0 Å². The smallest absolute Gasteiger partial charge is 0.239 e. The van der Waals surface area contributed by atoms with Crippen molar-refractivity contribution in [2.75, 3.05) is 26.7 Å². The van der Waals surface area contributed by atoms with E-state index in [2.05, 4.69) is 20.5 Å². The van der Waals surface area contributed by atoms with Gasteiger partial charge in [0.2, 0.25) is 5.91 Å². The lowest BCUT2D eigenvalue weighted by molar-refractivity contribution is -0.120. The second-order valence-corrected chi connectivity index (χ2v) is 6.86. The normalized spacial score (nSPS) is 20.9. The molecule has 6 heteroatoms. The molecule has 0 aromatic heterocycles. The number of likely N-dealkylation sites (tertiary alicyclic amines) is 1.